The molecule has 2 N–H and O–H groups in total. The summed E-state index contributed by atoms with van der Waals surface area (Å²) in [4.78, 5) is 13.7. The van der Waals surface area contributed by atoms with Crippen molar-refractivity contribution in [3.63, 3.8) is 0 Å². The zero-order valence-corrected chi connectivity index (χ0v) is 12.5. The minimum Gasteiger partial charge on any atom is -0.366 e. The summed E-state index contributed by atoms with van der Waals surface area (Å²) in [6.45, 7) is 7.33. The Bertz CT molecular complexity index is 389. The van der Waals surface area contributed by atoms with E-state index in [1.807, 2.05) is 18.2 Å². The fourth-order valence-electron chi connectivity index (χ4n) is 1.83. The molecule has 1 aromatic carbocycles. The Hall–Kier alpha value is -0.620. The van der Waals surface area contributed by atoms with Crippen LogP contribution in [0.3, 0.4) is 0 Å². The van der Waals surface area contributed by atoms with Crippen LogP contribution in [0, 0.1) is 3.57 Å². The Morgan fingerprint density at radius 1 is 1.35 bits per heavy atom. The van der Waals surface area contributed by atoms with Gasteiger partial charge in [0.15, 0.2) is 0 Å². The fraction of sp³-hybridized carbons (Fsp3) is 0.462. The molecular weight excluding hydrogens is 327 g/mol. The Morgan fingerprint density at radius 2 is 2.00 bits per heavy atom. The molecule has 4 heteroatoms. The van der Waals surface area contributed by atoms with Crippen LogP contribution < -0.4 is 5.73 Å². The van der Waals surface area contributed by atoms with Gasteiger partial charge in [0, 0.05) is 15.7 Å². The molecule has 0 aromatic heterocycles. The zero-order valence-electron chi connectivity index (χ0n) is 10.4. The Morgan fingerprint density at radius 3 is 2.53 bits per heavy atom. The molecule has 3 nitrogen and oxygen atoms in total. The van der Waals surface area contributed by atoms with Gasteiger partial charge in [0.2, 0.25) is 5.91 Å². The predicted octanol–water partition coefficient (Wildman–Crippen LogP) is 2.27. The molecule has 1 rings (SSSR count). The van der Waals surface area contributed by atoms with Crippen molar-refractivity contribution in [2.24, 2.45) is 5.73 Å². The van der Waals surface area contributed by atoms with Crippen LogP contribution >= 0.6 is 22.6 Å². The molecule has 0 fully saturated rings. The van der Waals surface area contributed by atoms with E-state index in [0.717, 1.165) is 35.2 Å². The molecule has 0 atom stereocenters. The van der Waals surface area contributed by atoms with Gasteiger partial charge in [-0.2, -0.15) is 0 Å². The van der Waals surface area contributed by atoms with Gasteiger partial charge in [0.05, 0.1) is 0 Å². The summed E-state index contributed by atoms with van der Waals surface area (Å²) in [5.74, 6) is -0.337. The van der Waals surface area contributed by atoms with Crippen molar-refractivity contribution in [2.75, 3.05) is 19.6 Å². The highest BCUT2D eigenvalue weighted by Crippen LogP contribution is 2.14. The van der Waals surface area contributed by atoms with Gasteiger partial charge in [0.25, 0.3) is 0 Å². The third-order valence-electron chi connectivity index (χ3n) is 2.92. The van der Waals surface area contributed by atoms with Crippen LogP contribution in [0.25, 0.3) is 0 Å². The molecule has 0 aliphatic carbocycles. The maximum atomic E-state index is 11.3. The van der Waals surface area contributed by atoms with Crippen molar-refractivity contribution in [3.8, 4) is 0 Å². The normalized spacial score (nSPS) is 10.8. The average molecular weight is 346 g/mol. The number of halogens is 1. The van der Waals surface area contributed by atoms with Gasteiger partial charge in [-0.15, -0.1) is 0 Å². The third-order valence-corrected chi connectivity index (χ3v) is 3.60. The van der Waals surface area contributed by atoms with Gasteiger partial charge in [0.1, 0.15) is 0 Å². The number of carbonyl (C=O) groups is 1. The molecule has 1 aromatic rings. The van der Waals surface area contributed by atoms with Gasteiger partial charge in [-0.3, -0.25) is 4.79 Å². The van der Waals surface area contributed by atoms with Crippen molar-refractivity contribution >= 4 is 28.5 Å². The van der Waals surface area contributed by atoms with Crippen LogP contribution in [-0.2, 0) is 6.42 Å². The molecule has 1 amide bonds. The molecule has 0 heterocycles. The van der Waals surface area contributed by atoms with E-state index in [1.54, 1.807) is 0 Å². The summed E-state index contributed by atoms with van der Waals surface area (Å²) in [5, 5.41) is 0. The number of likely N-dealkylation sites (N-methyl/N-ethyl adjacent to an activating group) is 1. The fourth-order valence-corrected chi connectivity index (χ4v) is 2.38. The van der Waals surface area contributed by atoms with Crippen LogP contribution in [0.1, 0.15) is 29.8 Å². The van der Waals surface area contributed by atoms with Crippen LogP contribution in [0.15, 0.2) is 18.2 Å². The quantitative estimate of drug-likeness (QED) is 0.804. The molecule has 0 saturated heterocycles. The van der Waals surface area contributed by atoms with Gasteiger partial charge in [-0.05, 0) is 65.9 Å². The smallest absolute Gasteiger partial charge is 0.248 e. The molecular formula is C13H19IN2O. The monoisotopic (exact) mass is 346 g/mol. The van der Waals surface area contributed by atoms with E-state index in [-0.39, 0.29) is 5.91 Å². The number of hydrogen-bond donors (Lipinski definition) is 1. The summed E-state index contributed by atoms with van der Waals surface area (Å²) >= 11 is 2.26. The number of primary amides is 1. The Balaban J connectivity index is 2.81. The molecule has 17 heavy (non-hydrogen) atoms. The number of benzene rings is 1. The molecule has 94 valence electrons. The number of rotatable bonds is 6. The first-order valence-electron chi connectivity index (χ1n) is 5.89. The molecule has 0 bridgehead atoms. The molecule has 0 unspecified atom stereocenters. The van der Waals surface area contributed by atoms with Gasteiger partial charge in [-0.25, -0.2) is 0 Å². The number of nitrogens with zero attached hydrogens (tertiary/aromatic N) is 1. The van der Waals surface area contributed by atoms with Crippen molar-refractivity contribution in [2.45, 2.75) is 20.3 Å². The van der Waals surface area contributed by atoms with E-state index in [4.69, 9.17) is 5.73 Å². The summed E-state index contributed by atoms with van der Waals surface area (Å²) in [5.41, 5.74) is 7.08. The second-order valence-corrected chi connectivity index (χ2v) is 5.19. The highest BCUT2D eigenvalue weighted by Gasteiger charge is 2.09. The lowest BCUT2D eigenvalue weighted by atomic mass is 10.0. The molecule has 0 aliphatic rings. The summed E-state index contributed by atoms with van der Waals surface area (Å²) in [6, 6.07) is 5.79. The molecule has 0 spiro atoms. The predicted molar refractivity (Wildman–Crippen MR) is 79.2 cm³/mol. The number of carbonyl (C=O) groups excluding carboxylic acids is 1. The van der Waals surface area contributed by atoms with Crippen molar-refractivity contribution < 1.29 is 4.79 Å². The third kappa shape index (κ3) is 4.27. The molecule has 0 saturated carbocycles. The zero-order chi connectivity index (χ0) is 12.8. The first-order chi connectivity index (χ1) is 8.08. The van der Waals surface area contributed by atoms with E-state index >= 15 is 0 Å². The van der Waals surface area contributed by atoms with Crippen molar-refractivity contribution in [3.05, 3.63) is 32.9 Å². The van der Waals surface area contributed by atoms with Crippen LogP contribution in [0.4, 0.5) is 0 Å². The van der Waals surface area contributed by atoms with Gasteiger partial charge < -0.3 is 10.6 Å². The summed E-state index contributed by atoms with van der Waals surface area (Å²) in [6.07, 6.45) is 0.872. The van der Waals surface area contributed by atoms with Crippen LogP contribution in [0.2, 0.25) is 0 Å². The largest absolute Gasteiger partial charge is 0.366 e. The van der Waals surface area contributed by atoms with E-state index in [9.17, 15) is 4.79 Å². The minimum atomic E-state index is -0.337. The highest BCUT2D eigenvalue weighted by atomic mass is 127. The van der Waals surface area contributed by atoms with Gasteiger partial charge in [-0.1, -0.05) is 13.8 Å². The van der Waals surface area contributed by atoms with Crippen LogP contribution in [0.5, 0.6) is 0 Å². The second kappa shape index (κ2) is 6.96. The first kappa shape index (κ1) is 14.4. The topological polar surface area (TPSA) is 46.3 Å². The second-order valence-electron chi connectivity index (χ2n) is 3.94. The maximum absolute atomic E-state index is 11.3. The number of nitrogens with two attached hydrogens (primary N) is 1. The van der Waals surface area contributed by atoms with E-state index in [0.29, 0.717) is 5.56 Å². The van der Waals surface area contributed by atoms with Crippen molar-refractivity contribution in [1.82, 2.24) is 4.90 Å². The molecule has 0 aliphatic heterocycles. The van der Waals surface area contributed by atoms with E-state index in [2.05, 4.69) is 41.3 Å². The lowest BCUT2D eigenvalue weighted by Gasteiger charge is -2.18. The minimum absolute atomic E-state index is 0.337. The SMILES string of the molecule is CCN(CC)CCc1cc(I)ccc1C(N)=O. The number of hydrogen-bond acceptors (Lipinski definition) is 2. The Kier molecular flexibility index (Phi) is 5.91. The van der Waals surface area contributed by atoms with Gasteiger partial charge >= 0.3 is 0 Å². The van der Waals surface area contributed by atoms with Crippen LogP contribution in [-0.4, -0.2) is 30.4 Å². The highest BCUT2D eigenvalue weighted by molar-refractivity contribution is 14.1. The van der Waals surface area contributed by atoms with E-state index < -0.39 is 0 Å². The summed E-state index contributed by atoms with van der Waals surface area (Å²) < 4.78 is 1.14. The maximum Gasteiger partial charge on any atom is 0.248 e. The standard InChI is InChI=1S/C13H19IN2O/c1-3-16(4-2)8-7-10-9-11(14)5-6-12(10)13(15)17/h5-6,9H,3-4,7-8H2,1-2H3,(H2,15,17). The lowest BCUT2D eigenvalue weighted by molar-refractivity contribution is 0.0999. The summed E-state index contributed by atoms with van der Waals surface area (Å²) in [7, 11) is 0. The van der Waals surface area contributed by atoms with E-state index in [1.165, 1.54) is 0 Å². The van der Waals surface area contributed by atoms with Crippen molar-refractivity contribution in [1.29, 1.82) is 0 Å². The number of amides is 1. The Labute approximate surface area is 117 Å². The molecule has 0 radical (unpaired) electrons. The first-order valence-corrected chi connectivity index (χ1v) is 6.97. The average Bonchev–Trinajstić information content (AvgIpc) is 2.30. The lowest BCUT2D eigenvalue weighted by Crippen LogP contribution is -2.26.